The smallest absolute Gasteiger partial charge is 0.233 e. The lowest BCUT2D eigenvalue weighted by Crippen LogP contribution is -2.41. The third kappa shape index (κ3) is 5.63. The van der Waals surface area contributed by atoms with Crippen LogP contribution in [0.2, 0.25) is 0 Å². The number of furan rings is 1. The molecular weight excluding hydrogens is 463 g/mol. The van der Waals surface area contributed by atoms with Crippen molar-refractivity contribution in [1.82, 2.24) is 15.1 Å². The van der Waals surface area contributed by atoms with Crippen LogP contribution in [0.25, 0.3) is 0 Å². The van der Waals surface area contributed by atoms with Gasteiger partial charge in [0.15, 0.2) is 14.2 Å². The van der Waals surface area contributed by atoms with Crippen LogP contribution in [0.3, 0.4) is 0 Å². The van der Waals surface area contributed by atoms with Crippen molar-refractivity contribution >= 4 is 49.7 Å². The molecule has 2 aromatic heterocycles. The zero-order chi connectivity index (χ0) is 21.8. The van der Waals surface area contributed by atoms with E-state index in [1.54, 1.807) is 35.2 Å². The average Bonchev–Trinajstić information content (AvgIpc) is 3.48. The van der Waals surface area contributed by atoms with Crippen molar-refractivity contribution in [3.05, 3.63) is 54.2 Å². The molecule has 12 heteroatoms. The second kappa shape index (κ2) is 9.37. The fourth-order valence-electron chi connectivity index (χ4n) is 3.22. The fraction of sp³-hybridized carbons (Fsp3) is 0.316. The summed E-state index contributed by atoms with van der Waals surface area (Å²) in [5, 5.41) is 11.3. The molecule has 31 heavy (non-hydrogen) atoms. The highest BCUT2D eigenvalue weighted by molar-refractivity contribution is 8.01. The molecule has 1 fully saturated rings. The summed E-state index contributed by atoms with van der Waals surface area (Å²) in [7, 11) is -3.14. The topological polar surface area (TPSA) is 105 Å². The molecule has 1 aromatic carbocycles. The molecular formula is C19H19FN4O4S3. The minimum absolute atomic E-state index is 0.0420. The van der Waals surface area contributed by atoms with Gasteiger partial charge in [-0.1, -0.05) is 35.2 Å². The van der Waals surface area contributed by atoms with E-state index in [0.717, 1.165) is 0 Å². The summed E-state index contributed by atoms with van der Waals surface area (Å²) in [5.41, 5.74) is 0.290. The zero-order valence-corrected chi connectivity index (χ0v) is 18.7. The van der Waals surface area contributed by atoms with Crippen molar-refractivity contribution in [1.29, 1.82) is 0 Å². The monoisotopic (exact) mass is 482 g/mol. The van der Waals surface area contributed by atoms with Crippen molar-refractivity contribution in [2.75, 3.05) is 22.6 Å². The van der Waals surface area contributed by atoms with E-state index in [0.29, 0.717) is 27.3 Å². The number of amides is 1. The molecule has 164 valence electrons. The normalized spacial score (nSPS) is 17.5. The molecule has 3 aromatic rings. The van der Waals surface area contributed by atoms with Gasteiger partial charge in [-0.25, -0.2) is 12.8 Å². The summed E-state index contributed by atoms with van der Waals surface area (Å²) in [6.45, 7) is 0.211. The summed E-state index contributed by atoms with van der Waals surface area (Å²) in [6.07, 6.45) is 1.93. The maximum Gasteiger partial charge on any atom is 0.233 e. The number of rotatable bonds is 8. The molecule has 1 aliphatic heterocycles. The number of sulfone groups is 1. The number of benzene rings is 1. The second-order valence-corrected chi connectivity index (χ2v) is 11.4. The SMILES string of the molecule is O=C(CSc1nnc(Nc2ccccc2F)s1)N(Cc1ccco1)C1CCS(=O)(=O)C1. The van der Waals surface area contributed by atoms with Crippen LogP contribution < -0.4 is 5.32 Å². The zero-order valence-electron chi connectivity index (χ0n) is 16.2. The van der Waals surface area contributed by atoms with E-state index in [-0.39, 0.29) is 35.8 Å². The number of thioether (sulfide) groups is 1. The highest BCUT2D eigenvalue weighted by Crippen LogP contribution is 2.29. The molecule has 1 N–H and O–H groups in total. The molecule has 4 rings (SSSR count). The number of hydrogen-bond acceptors (Lipinski definition) is 9. The van der Waals surface area contributed by atoms with Gasteiger partial charge in [0, 0.05) is 6.04 Å². The first kappa shape index (κ1) is 21.8. The summed E-state index contributed by atoms with van der Waals surface area (Å²) in [6, 6.07) is 9.33. The summed E-state index contributed by atoms with van der Waals surface area (Å²) in [4.78, 5) is 14.5. The van der Waals surface area contributed by atoms with Crippen LogP contribution in [-0.4, -0.2) is 52.7 Å². The Balaban J connectivity index is 1.39. The molecule has 0 spiro atoms. The summed E-state index contributed by atoms with van der Waals surface area (Å²) >= 11 is 2.41. The van der Waals surface area contributed by atoms with Gasteiger partial charge in [-0.15, -0.1) is 10.2 Å². The molecule has 1 saturated heterocycles. The van der Waals surface area contributed by atoms with Gasteiger partial charge < -0.3 is 14.6 Å². The van der Waals surface area contributed by atoms with E-state index in [9.17, 15) is 17.6 Å². The van der Waals surface area contributed by atoms with Crippen LogP contribution in [0, 0.1) is 5.82 Å². The highest BCUT2D eigenvalue weighted by Gasteiger charge is 2.35. The van der Waals surface area contributed by atoms with Crippen LogP contribution in [-0.2, 0) is 21.2 Å². The van der Waals surface area contributed by atoms with Crippen LogP contribution in [0.5, 0.6) is 0 Å². The third-order valence-corrected chi connectivity index (χ3v) is 8.42. The lowest BCUT2D eigenvalue weighted by Gasteiger charge is -2.27. The second-order valence-electron chi connectivity index (χ2n) is 6.92. The number of carbonyl (C=O) groups excluding carboxylic acids is 1. The minimum atomic E-state index is -3.14. The standard InChI is InChI=1S/C19H19FN4O4S3/c20-15-5-1-2-6-16(15)21-18-22-23-19(30-18)29-11-17(25)24(10-14-4-3-8-28-14)13-7-9-31(26,27)12-13/h1-6,8,13H,7,9-12H2,(H,21,22). The number of aromatic nitrogens is 2. The van der Waals surface area contributed by atoms with Crippen LogP contribution in [0.1, 0.15) is 12.2 Å². The van der Waals surface area contributed by atoms with Gasteiger partial charge in [-0.3, -0.25) is 4.79 Å². The Morgan fingerprint density at radius 2 is 2.13 bits per heavy atom. The first-order chi connectivity index (χ1) is 14.9. The number of hydrogen-bond donors (Lipinski definition) is 1. The lowest BCUT2D eigenvalue weighted by atomic mass is 10.2. The maximum atomic E-state index is 13.8. The molecule has 1 aliphatic rings. The number of nitrogens with one attached hydrogen (secondary N) is 1. The van der Waals surface area contributed by atoms with Crippen LogP contribution in [0.15, 0.2) is 51.4 Å². The van der Waals surface area contributed by atoms with Crippen LogP contribution in [0.4, 0.5) is 15.2 Å². The van der Waals surface area contributed by atoms with Crippen molar-refractivity contribution < 1.29 is 22.0 Å². The number of carbonyl (C=O) groups is 1. The quantitative estimate of drug-likeness (QED) is 0.488. The van der Waals surface area contributed by atoms with Crippen molar-refractivity contribution in [2.45, 2.75) is 23.3 Å². The Morgan fingerprint density at radius 1 is 1.29 bits per heavy atom. The Morgan fingerprint density at radius 3 is 2.84 bits per heavy atom. The van der Waals surface area contributed by atoms with Crippen molar-refractivity contribution in [3.63, 3.8) is 0 Å². The Kier molecular flexibility index (Phi) is 6.58. The Hall–Kier alpha value is -2.44. The fourth-order valence-corrected chi connectivity index (χ4v) is 6.60. The van der Waals surface area contributed by atoms with Gasteiger partial charge >= 0.3 is 0 Å². The van der Waals surface area contributed by atoms with E-state index in [1.807, 2.05) is 0 Å². The summed E-state index contributed by atoms with van der Waals surface area (Å²) in [5.74, 6) is 0.0961. The van der Waals surface area contributed by atoms with Gasteiger partial charge in [0.1, 0.15) is 11.6 Å². The highest BCUT2D eigenvalue weighted by atomic mass is 32.2. The molecule has 1 amide bonds. The molecule has 3 heterocycles. The maximum absolute atomic E-state index is 13.8. The molecule has 1 atom stereocenters. The Labute approximate surface area is 186 Å². The van der Waals surface area contributed by atoms with E-state index in [2.05, 4.69) is 15.5 Å². The van der Waals surface area contributed by atoms with E-state index in [1.165, 1.54) is 35.4 Å². The Bertz CT molecular complexity index is 1150. The van der Waals surface area contributed by atoms with Gasteiger partial charge in [-0.05, 0) is 30.7 Å². The first-order valence-corrected chi connectivity index (χ1v) is 13.0. The van der Waals surface area contributed by atoms with Gasteiger partial charge in [0.2, 0.25) is 11.0 Å². The van der Waals surface area contributed by atoms with E-state index < -0.39 is 15.7 Å². The molecule has 1 unspecified atom stereocenters. The summed E-state index contributed by atoms with van der Waals surface area (Å²) < 4.78 is 43.5. The minimum Gasteiger partial charge on any atom is -0.467 e. The van der Waals surface area contributed by atoms with Crippen LogP contribution >= 0.6 is 23.1 Å². The molecule has 0 bridgehead atoms. The number of nitrogens with zero attached hydrogens (tertiary/aromatic N) is 3. The number of halogens is 1. The molecule has 0 aliphatic carbocycles. The van der Waals surface area contributed by atoms with Gasteiger partial charge in [-0.2, -0.15) is 0 Å². The molecule has 0 saturated carbocycles. The van der Waals surface area contributed by atoms with E-state index >= 15 is 0 Å². The predicted molar refractivity (Wildman–Crippen MR) is 117 cm³/mol. The van der Waals surface area contributed by atoms with Crippen molar-refractivity contribution in [3.8, 4) is 0 Å². The first-order valence-electron chi connectivity index (χ1n) is 9.40. The lowest BCUT2D eigenvalue weighted by molar-refractivity contribution is -0.131. The van der Waals surface area contributed by atoms with Crippen molar-refractivity contribution in [2.24, 2.45) is 0 Å². The molecule has 0 radical (unpaired) electrons. The van der Waals surface area contributed by atoms with Gasteiger partial charge in [0.25, 0.3) is 0 Å². The predicted octanol–water partition coefficient (Wildman–Crippen LogP) is 3.32. The van der Waals surface area contributed by atoms with Gasteiger partial charge in [0.05, 0.1) is 35.8 Å². The average molecular weight is 483 g/mol. The number of anilines is 2. The third-order valence-electron chi connectivity index (χ3n) is 4.72. The van der Waals surface area contributed by atoms with E-state index in [4.69, 9.17) is 4.42 Å². The number of para-hydroxylation sites is 1. The molecule has 8 nitrogen and oxygen atoms in total. The largest absolute Gasteiger partial charge is 0.467 e.